The highest BCUT2D eigenvalue weighted by atomic mass is 79.9. The van der Waals surface area contributed by atoms with Gasteiger partial charge in [0.2, 0.25) is 0 Å². The molecule has 0 atom stereocenters. The number of anilines is 2. The number of nitrogens with zero attached hydrogens (tertiary/aromatic N) is 2. The maximum Gasteiger partial charge on any atom is 0.494 e. The Labute approximate surface area is 390 Å². The molecule has 0 aliphatic carbocycles. The van der Waals surface area contributed by atoms with Crippen molar-refractivity contribution in [3.8, 4) is 0 Å². The number of carbonyl (C=O) groups is 2. The van der Waals surface area contributed by atoms with Gasteiger partial charge in [-0.1, -0.05) is 28.1 Å². The van der Waals surface area contributed by atoms with Crippen LogP contribution < -0.4 is 16.1 Å². The van der Waals surface area contributed by atoms with Gasteiger partial charge in [-0.3, -0.25) is 9.59 Å². The van der Waals surface area contributed by atoms with Crippen molar-refractivity contribution in [1.29, 1.82) is 0 Å². The van der Waals surface area contributed by atoms with E-state index < -0.39 is 67.6 Å². The number of hydrogen-bond donors (Lipinski definition) is 2. The number of benzene rings is 2. The standard InChI is InChI=1S/C19H20BF3N2O3.C13H8BrF3N2O.C12H24B2O4/c1-17(2)18(3,4)28-20(27-17)14-7-5-12(6-8-14)16(26)25-15-11-13(9-10-24-15)19(21,22)23;14-10-3-1-8(2-4-10)12(20)19-11-7-9(5-6-18-11)13(15,16)17;1-9(2)10(3,4)16-13(15-9)14-17-11(5,6)12(7,8)18-14/h5-11H,1-4H3,(H,24,25,26);1-7H,(H,18,19,20);1-8H3. The molecule has 2 aromatic heterocycles. The fourth-order valence-electron chi connectivity index (χ4n) is 6.10. The Morgan fingerprint density at radius 3 is 1.12 bits per heavy atom. The lowest BCUT2D eigenvalue weighted by molar-refractivity contribution is -0.138. The first-order valence-electron chi connectivity index (χ1n) is 20.7. The van der Waals surface area contributed by atoms with Crippen LogP contribution in [0.25, 0.3) is 0 Å². The van der Waals surface area contributed by atoms with Crippen molar-refractivity contribution in [3.63, 3.8) is 0 Å². The summed E-state index contributed by atoms with van der Waals surface area (Å²) in [5.74, 6) is -1.40. The number of amides is 2. The highest BCUT2D eigenvalue weighted by Gasteiger charge is 2.63. The molecule has 3 aliphatic rings. The highest BCUT2D eigenvalue weighted by Crippen LogP contribution is 2.43. The van der Waals surface area contributed by atoms with E-state index in [0.29, 0.717) is 5.56 Å². The second-order valence-electron chi connectivity index (χ2n) is 18.7. The minimum Gasteiger partial charge on any atom is -0.405 e. The van der Waals surface area contributed by atoms with E-state index in [-0.39, 0.29) is 39.6 Å². The van der Waals surface area contributed by atoms with Crippen LogP contribution in [-0.4, -0.2) is 76.5 Å². The third kappa shape index (κ3) is 12.4. The van der Waals surface area contributed by atoms with Gasteiger partial charge in [-0.2, -0.15) is 26.3 Å². The quantitative estimate of drug-likeness (QED) is 0.142. The van der Waals surface area contributed by atoms with Crippen LogP contribution in [0, 0.1) is 0 Å². The van der Waals surface area contributed by atoms with Crippen molar-refractivity contribution in [2.45, 2.75) is 129 Å². The monoisotopic (exact) mass is 990 g/mol. The maximum absolute atomic E-state index is 12.8. The number of halogens is 7. The van der Waals surface area contributed by atoms with Crippen LogP contribution in [0.2, 0.25) is 0 Å². The van der Waals surface area contributed by atoms with E-state index in [1.165, 1.54) is 0 Å². The van der Waals surface area contributed by atoms with Crippen molar-refractivity contribution in [3.05, 3.63) is 112 Å². The molecule has 7 rings (SSSR count). The maximum atomic E-state index is 12.8. The summed E-state index contributed by atoms with van der Waals surface area (Å²) in [6.45, 7) is 24.0. The Morgan fingerprint density at radius 2 is 0.803 bits per heavy atom. The number of aromatic nitrogens is 2. The number of rotatable bonds is 6. The molecule has 0 radical (unpaired) electrons. The van der Waals surface area contributed by atoms with Crippen molar-refractivity contribution in [2.75, 3.05) is 10.6 Å². The second-order valence-corrected chi connectivity index (χ2v) is 19.6. The zero-order valence-electron chi connectivity index (χ0n) is 38.6. The Bertz CT molecular complexity index is 2290. The number of carbonyl (C=O) groups excluding carboxylic acids is 2. The zero-order chi connectivity index (χ0) is 49.5. The van der Waals surface area contributed by atoms with Crippen molar-refractivity contribution < 1.29 is 63.9 Å². The van der Waals surface area contributed by atoms with Crippen LogP contribution in [0.4, 0.5) is 38.0 Å². The lowest BCUT2D eigenvalue weighted by Crippen LogP contribution is -2.41. The molecule has 3 saturated heterocycles. The Morgan fingerprint density at radius 1 is 0.500 bits per heavy atom. The van der Waals surface area contributed by atoms with Gasteiger partial charge in [0.05, 0.1) is 44.7 Å². The average Bonchev–Trinajstić information content (AvgIpc) is 3.67. The minimum absolute atomic E-state index is 0.146. The van der Waals surface area contributed by atoms with E-state index in [1.54, 1.807) is 48.5 Å². The van der Waals surface area contributed by atoms with E-state index in [9.17, 15) is 35.9 Å². The third-order valence-electron chi connectivity index (χ3n) is 12.2. The molecule has 0 unspecified atom stereocenters. The van der Waals surface area contributed by atoms with Crippen molar-refractivity contribution in [2.24, 2.45) is 0 Å². The molecule has 0 spiro atoms. The number of pyridine rings is 2. The van der Waals surface area contributed by atoms with E-state index in [2.05, 4.69) is 36.5 Å². The predicted molar refractivity (Wildman–Crippen MR) is 243 cm³/mol. The van der Waals surface area contributed by atoms with Crippen LogP contribution in [0.3, 0.4) is 0 Å². The zero-order valence-corrected chi connectivity index (χ0v) is 40.2. The molecule has 2 N–H and O–H groups in total. The molecule has 354 valence electrons. The summed E-state index contributed by atoms with van der Waals surface area (Å²) >= 11 is 3.22. The van der Waals surface area contributed by atoms with Crippen LogP contribution in [0.15, 0.2) is 89.7 Å². The summed E-state index contributed by atoms with van der Waals surface area (Å²) in [7, 11) is -1.51. The van der Waals surface area contributed by atoms with Crippen LogP contribution in [0.1, 0.15) is 115 Å². The first kappa shape index (κ1) is 52.7. The molecule has 2 amide bonds. The van der Waals surface area contributed by atoms with Gasteiger partial charge in [0.15, 0.2) is 0 Å². The summed E-state index contributed by atoms with van der Waals surface area (Å²) in [5.41, 5.74) is -2.80. The van der Waals surface area contributed by atoms with Gasteiger partial charge in [0, 0.05) is 28.0 Å². The summed E-state index contributed by atoms with van der Waals surface area (Å²) in [4.78, 5) is 31.6. The topological polar surface area (TPSA) is 139 Å². The molecule has 0 saturated carbocycles. The molecule has 5 heterocycles. The molecule has 66 heavy (non-hydrogen) atoms. The largest absolute Gasteiger partial charge is 0.494 e. The van der Waals surface area contributed by atoms with Gasteiger partial charge in [-0.25, -0.2) is 9.97 Å². The fraction of sp³-hybridized carbons (Fsp3) is 0.455. The highest BCUT2D eigenvalue weighted by molar-refractivity contribution is 9.10. The first-order chi connectivity index (χ1) is 30.1. The number of alkyl halides is 6. The van der Waals surface area contributed by atoms with Crippen LogP contribution in [-0.2, 0) is 40.3 Å². The van der Waals surface area contributed by atoms with Crippen molar-refractivity contribution in [1.82, 2.24) is 9.97 Å². The lowest BCUT2D eigenvalue weighted by Gasteiger charge is -2.32. The lowest BCUT2D eigenvalue weighted by atomic mass is 9.49. The normalized spacial score (nSPS) is 19.8. The number of nitrogens with one attached hydrogen (secondary N) is 2. The van der Waals surface area contributed by atoms with Gasteiger partial charge < -0.3 is 38.6 Å². The molecule has 3 fully saturated rings. The molecular weight excluding hydrogens is 939 g/mol. The first-order valence-corrected chi connectivity index (χ1v) is 21.5. The molecule has 3 aliphatic heterocycles. The summed E-state index contributed by atoms with van der Waals surface area (Å²) in [6, 6.07) is 16.2. The average molecular weight is 991 g/mol. The van der Waals surface area contributed by atoms with Gasteiger partial charge in [-0.05, 0) is 149 Å². The summed E-state index contributed by atoms with van der Waals surface area (Å²) < 4.78 is 112. The van der Waals surface area contributed by atoms with Crippen LogP contribution >= 0.6 is 15.9 Å². The fourth-order valence-corrected chi connectivity index (χ4v) is 6.36. The molecule has 4 aromatic rings. The summed E-state index contributed by atoms with van der Waals surface area (Å²) in [6.07, 6.45) is -6.98. The van der Waals surface area contributed by atoms with Gasteiger partial charge in [-0.15, -0.1) is 0 Å². The van der Waals surface area contributed by atoms with Gasteiger partial charge >= 0.3 is 33.5 Å². The second kappa shape index (κ2) is 19.0. The van der Waals surface area contributed by atoms with E-state index in [1.807, 2.05) is 83.1 Å². The predicted octanol–water partition coefficient (Wildman–Crippen LogP) is 10.0. The van der Waals surface area contributed by atoms with E-state index in [0.717, 1.165) is 46.6 Å². The smallest absolute Gasteiger partial charge is 0.405 e. The van der Waals surface area contributed by atoms with Gasteiger partial charge in [0.25, 0.3) is 11.8 Å². The van der Waals surface area contributed by atoms with Crippen LogP contribution in [0.5, 0.6) is 0 Å². The Kier molecular flexibility index (Phi) is 15.2. The van der Waals surface area contributed by atoms with Gasteiger partial charge in [0.1, 0.15) is 11.6 Å². The SMILES string of the molecule is CC1(C)OB(B2OC(C)(C)C(C)(C)O2)OC1(C)C.CC1(C)OB(c2ccc(C(=O)Nc3cc(C(F)(F)F)ccn3)cc2)OC1(C)C.O=C(Nc1cc(C(F)(F)F)ccn1)c1ccc(Br)cc1. The number of hydrogen-bond acceptors (Lipinski definition) is 10. The van der Waals surface area contributed by atoms with E-state index >= 15 is 0 Å². The van der Waals surface area contributed by atoms with E-state index in [4.69, 9.17) is 27.9 Å². The molecule has 0 bridgehead atoms. The molecule has 2 aromatic carbocycles. The summed E-state index contributed by atoms with van der Waals surface area (Å²) in [5, 5.41) is 4.70. The molecule has 12 nitrogen and oxygen atoms in total. The van der Waals surface area contributed by atoms with Crippen molar-refractivity contribution >= 4 is 66.0 Å². The minimum atomic E-state index is -4.51. The molecule has 22 heteroatoms. The third-order valence-corrected chi connectivity index (χ3v) is 12.8. The Hall–Kier alpha value is -4.31. The Balaban J connectivity index is 0.000000192. The molecular formula is C44H52B3BrF6N4O8.